The Balaban J connectivity index is 2.32. The van der Waals surface area contributed by atoms with Gasteiger partial charge >= 0.3 is 0 Å². The average molecular weight is 57.9 g/mol. The van der Waals surface area contributed by atoms with Gasteiger partial charge in [-0.25, -0.2) is 0 Å². The zero-order valence-electron chi connectivity index (χ0n) is 2.53. The van der Waals surface area contributed by atoms with Gasteiger partial charge in [-0.3, -0.25) is 4.39 Å². The molecule has 1 atom stereocenters. The molecule has 2 heteroatoms. The van der Waals surface area contributed by atoms with E-state index in [1.165, 1.54) is 6.92 Å². The van der Waals surface area contributed by atoms with Crippen LogP contribution < -0.4 is 0 Å². The highest BCUT2D eigenvalue weighted by Gasteiger charge is 1.74. The van der Waals surface area contributed by atoms with Crippen molar-refractivity contribution in [2.24, 2.45) is 0 Å². The molecule has 0 aliphatic rings. The predicted octanol–water partition coefficient (Wildman–Crippen LogP) is 0.470. The van der Waals surface area contributed by atoms with Crippen molar-refractivity contribution in [2.45, 2.75) is 13.0 Å². The fourth-order valence-electron chi connectivity index (χ4n) is 0. The summed E-state index contributed by atoms with van der Waals surface area (Å²) in [7, 11) is 4.44. The number of hydrogen-bond acceptors (Lipinski definition) is 0. The zero-order valence-corrected chi connectivity index (χ0v) is 2.53. The second-order valence-corrected chi connectivity index (χ2v) is 0.678. The fourth-order valence-corrected chi connectivity index (χ4v) is 0. The Morgan fingerprint density at radius 2 is 2.00 bits per heavy atom. The van der Waals surface area contributed by atoms with Crippen LogP contribution in [-0.4, -0.2) is 13.9 Å². The summed E-state index contributed by atoms with van der Waals surface area (Å²) in [5, 5.41) is 0. The molecule has 0 aliphatic heterocycles. The molecule has 4 heavy (non-hydrogen) atoms. The summed E-state index contributed by atoms with van der Waals surface area (Å²) in [6.45, 7) is 1.28. The molecule has 0 amide bonds. The minimum Gasteiger partial charge on any atom is -0.259 e. The Bertz CT molecular complexity index is 10.8. The molecular formula is C2H4BF. The molecule has 0 nitrogen and oxygen atoms in total. The van der Waals surface area contributed by atoms with Gasteiger partial charge in [0.15, 0.2) is 0 Å². The average Bonchev–Trinajstić information content (AvgIpc) is 0.811. The summed E-state index contributed by atoms with van der Waals surface area (Å²) in [6, 6.07) is 0. The lowest BCUT2D eigenvalue weighted by Crippen LogP contribution is -1.84. The van der Waals surface area contributed by atoms with Crippen LogP contribution in [0.2, 0.25) is 0 Å². The van der Waals surface area contributed by atoms with E-state index in [2.05, 4.69) is 7.85 Å². The second kappa shape index (κ2) is 1.33. The smallest absolute Gasteiger partial charge is 0.116 e. The van der Waals surface area contributed by atoms with E-state index < -0.39 is 6.07 Å². The lowest BCUT2D eigenvalue weighted by atomic mass is 10.1. The van der Waals surface area contributed by atoms with Crippen LogP contribution in [0.25, 0.3) is 0 Å². The van der Waals surface area contributed by atoms with Gasteiger partial charge in [-0.05, 0) is 6.92 Å². The maximum Gasteiger partial charge on any atom is 0.116 e. The molecule has 2 radical (unpaired) electrons. The van der Waals surface area contributed by atoms with Crippen molar-refractivity contribution in [3.63, 3.8) is 0 Å². The first-order valence-electron chi connectivity index (χ1n) is 1.13. The van der Waals surface area contributed by atoms with Crippen LogP contribution in [0.1, 0.15) is 6.92 Å². The summed E-state index contributed by atoms with van der Waals surface area (Å²) < 4.78 is 10.8. The number of rotatable bonds is 0. The molecule has 22 valence electrons. The Morgan fingerprint density at radius 1 is 2.00 bits per heavy atom. The predicted molar refractivity (Wildman–Crippen MR) is 16.3 cm³/mol. The quantitative estimate of drug-likeness (QED) is 0.355. The van der Waals surface area contributed by atoms with Gasteiger partial charge in [0.25, 0.3) is 0 Å². The third-order valence-corrected chi connectivity index (χ3v) is 0. The highest BCUT2D eigenvalue weighted by Crippen LogP contribution is 1.70. The third kappa shape index (κ3) is 77000. The maximum absolute atomic E-state index is 10.8. The molecular weight excluding hydrogens is 53.8 g/mol. The van der Waals surface area contributed by atoms with E-state index in [1.54, 1.807) is 0 Å². The summed E-state index contributed by atoms with van der Waals surface area (Å²) in [5.74, 6) is 0. The molecule has 0 aromatic heterocycles. The van der Waals surface area contributed by atoms with Crippen molar-refractivity contribution in [1.82, 2.24) is 0 Å². The lowest BCUT2D eigenvalue weighted by molar-refractivity contribution is 0.474. The number of halogens is 1. The first kappa shape index (κ1) is 3.99. The van der Waals surface area contributed by atoms with Crippen LogP contribution >= 0.6 is 0 Å². The first-order chi connectivity index (χ1) is 1.73. The highest BCUT2D eigenvalue weighted by molar-refractivity contribution is 6.10. The normalized spacial score (nSPS) is 15.5. The largest absolute Gasteiger partial charge is 0.259 e. The molecule has 0 saturated heterocycles. The minimum atomic E-state index is -1.17. The molecule has 0 aromatic rings. The molecule has 0 aromatic carbocycles. The van der Waals surface area contributed by atoms with Crippen molar-refractivity contribution in [2.75, 3.05) is 0 Å². The summed E-state index contributed by atoms with van der Waals surface area (Å²) >= 11 is 0. The Labute approximate surface area is 26.4 Å². The standard InChI is InChI=1S/C2H4BF/c1-2(3)4/h2H,1H3. The van der Waals surface area contributed by atoms with Gasteiger partial charge in [-0.2, -0.15) is 0 Å². The van der Waals surface area contributed by atoms with Crippen molar-refractivity contribution >= 4 is 7.85 Å². The zero-order chi connectivity index (χ0) is 3.58. The Morgan fingerprint density at radius 3 is 2.00 bits per heavy atom. The second-order valence-electron chi connectivity index (χ2n) is 0.678. The van der Waals surface area contributed by atoms with E-state index in [9.17, 15) is 4.39 Å². The van der Waals surface area contributed by atoms with Gasteiger partial charge < -0.3 is 0 Å². The maximum atomic E-state index is 10.8. The summed E-state index contributed by atoms with van der Waals surface area (Å²) in [4.78, 5) is 0. The molecule has 0 bridgehead atoms. The van der Waals surface area contributed by atoms with E-state index >= 15 is 0 Å². The highest BCUT2D eigenvalue weighted by atomic mass is 19.1. The Kier molecular flexibility index (Phi) is 1.33. The van der Waals surface area contributed by atoms with Crippen LogP contribution in [0.15, 0.2) is 0 Å². The minimum absolute atomic E-state index is 1.17. The van der Waals surface area contributed by atoms with Crippen molar-refractivity contribution in [3.05, 3.63) is 0 Å². The molecule has 0 fully saturated rings. The molecule has 0 saturated carbocycles. The van der Waals surface area contributed by atoms with Crippen molar-refractivity contribution in [3.8, 4) is 0 Å². The van der Waals surface area contributed by atoms with E-state index in [0.717, 1.165) is 0 Å². The molecule has 1 unspecified atom stereocenters. The van der Waals surface area contributed by atoms with Gasteiger partial charge in [-0.15, -0.1) is 0 Å². The summed E-state index contributed by atoms with van der Waals surface area (Å²) in [5.41, 5.74) is 0. The van der Waals surface area contributed by atoms with Gasteiger partial charge in [0.05, 0.1) is 6.07 Å². The van der Waals surface area contributed by atoms with Gasteiger partial charge in [0.1, 0.15) is 7.85 Å². The third-order valence-electron chi connectivity index (χ3n) is 0. The molecule has 0 N–H and O–H groups in total. The topological polar surface area (TPSA) is 0 Å². The van der Waals surface area contributed by atoms with Crippen molar-refractivity contribution in [1.29, 1.82) is 0 Å². The fraction of sp³-hybridized carbons (Fsp3) is 1.00. The molecule has 0 spiro atoms. The van der Waals surface area contributed by atoms with Crippen LogP contribution in [-0.2, 0) is 0 Å². The van der Waals surface area contributed by atoms with E-state index in [4.69, 9.17) is 0 Å². The Hall–Kier alpha value is -0.00506. The van der Waals surface area contributed by atoms with Crippen LogP contribution in [0, 0.1) is 0 Å². The number of alkyl halides is 1. The summed E-state index contributed by atoms with van der Waals surface area (Å²) in [6.07, 6.45) is -1.17. The van der Waals surface area contributed by atoms with Gasteiger partial charge in [0, 0.05) is 0 Å². The number of hydrogen-bond donors (Lipinski definition) is 0. The first-order valence-corrected chi connectivity index (χ1v) is 1.13. The molecule has 0 heterocycles. The van der Waals surface area contributed by atoms with Crippen LogP contribution in [0.3, 0.4) is 0 Å². The molecule has 0 rings (SSSR count). The van der Waals surface area contributed by atoms with Gasteiger partial charge in [-0.1, -0.05) is 0 Å². The van der Waals surface area contributed by atoms with E-state index in [1.807, 2.05) is 0 Å². The van der Waals surface area contributed by atoms with E-state index in [-0.39, 0.29) is 0 Å². The van der Waals surface area contributed by atoms with Crippen LogP contribution in [0.4, 0.5) is 4.39 Å². The SMILES string of the molecule is [B]C(C)F. The molecule has 0 aliphatic carbocycles. The van der Waals surface area contributed by atoms with Crippen molar-refractivity contribution < 1.29 is 4.39 Å². The monoisotopic (exact) mass is 58.0 g/mol. The van der Waals surface area contributed by atoms with E-state index in [0.29, 0.717) is 0 Å². The van der Waals surface area contributed by atoms with Crippen LogP contribution in [0.5, 0.6) is 0 Å². The van der Waals surface area contributed by atoms with Gasteiger partial charge in [0.2, 0.25) is 0 Å². The lowest BCUT2D eigenvalue weighted by Gasteiger charge is -1.74.